The first-order valence-corrected chi connectivity index (χ1v) is 7.18. The van der Waals surface area contributed by atoms with Crippen LogP contribution in [0.2, 0.25) is 0 Å². The van der Waals surface area contributed by atoms with Crippen LogP contribution in [-0.4, -0.2) is 23.5 Å². The van der Waals surface area contributed by atoms with Gasteiger partial charge in [-0.3, -0.25) is 4.79 Å². The molecule has 1 aromatic carbocycles. The van der Waals surface area contributed by atoms with Crippen molar-refractivity contribution in [3.8, 4) is 11.8 Å². The van der Waals surface area contributed by atoms with E-state index in [1.54, 1.807) is 41.1 Å². The molecule has 0 spiro atoms. The third-order valence-electron chi connectivity index (χ3n) is 2.72. The predicted octanol–water partition coefficient (Wildman–Crippen LogP) is 3.00. The van der Waals surface area contributed by atoms with Crippen LogP contribution in [0.4, 0.5) is 0 Å². The monoisotopic (exact) mass is 313 g/mol. The molecule has 6 heteroatoms. The van der Waals surface area contributed by atoms with Crippen LogP contribution in [0.1, 0.15) is 15.9 Å². The molecule has 0 amide bonds. The van der Waals surface area contributed by atoms with Gasteiger partial charge in [-0.25, -0.2) is 4.79 Å². The number of nitriles is 1. The molecule has 2 rings (SSSR count). The number of carbonyl (C=O) groups excluding carboxylic acids is 1. The minimum Gasteiger partial charge on any atom is -0.481 e. The Morgan fingerprint density at radius 1 is 1.32 bits per heavy atom. The van der Waals surface area contributed by atoms with Gasteiger partial charge in [0, 0.05) is 16.5 Å². The van der Waals surface area contributed by atoms with Gasteiger partial charge >= 0.3 is 5.97 Å². The lowest BCUT2D eigenvalue weighted by atomic mass is 10.0. The molecule has 0 aliphatic carbocycles. The molecule has 2 aromatic rings. The van der Waals surface area contributed by atoms with Crippen LogP contribution in [0.15, 0.2) is 46.7 Å². The van der Waals surface area contributed by atoms with Crippen molar-refractivity contribution in [1.29, 1.82) is 5.26 Å². The normalized spacial score (nSPS) is 10.8. The summed E-state index contributed by atoms with van der Waals surface area (Å²) < 4.78 is 5.15. The summed E-state index contributed by atoms with van der Waals surface area (Å²) in [6.45, 7) is -0.495. The molecule has 0 unspecified atom stereocenters. The summed E-state index contributed by atoms with van der Waals surface area (Å²) in [7, 11) is 0. The van der Waals surface area contributed by atoms with Crippen LogP contribution in [0.5, 0.6) is 5.75 Å². The largest absolute Gasteiger partial charge is 0.481 e. The fraction of sp³-hybridized carbons (Fsp3) is 0.0625. The zero-order valence-corrected chi connectivity index (χ0v) is 12.2. The summed E-state index contributed by atoms with van der Waals surface area (Å²) in [4.78, 5) is 22.8. The molecular formula is C16H11NO4S. The number of allylic oxidation sites excluding steroid dienone is 1. The highest BCUT2D eigenvalue weighted by atomic mass is 32.1. The standard InChI is InChI=1S/C16H11NO4S/c17-8-13(16(20)12-5-6-22-10-12)7-11-3-1-2-4-14(11)21-9-15(18)19/h1-7,10H,9H2,(H,18,19)/b13-7-. The van der Waals surface area contributed by atoms with Crippen molar-refractivity contribution in [3.05, 3.63) is 57.8 Å². The molecule has 1 N–H and O–H groups in total. The predicted molar refractivity (Wildman–Crippen MR) is 81.8 cm³/mol. The van der Waals surface area contributed by atoms with E-state index in [0.717, 1.165) is 0 Å². The summed E-state index contributed by atoms with van der Waals surface area (Å²) in [5, 5.41) is 21.3. The highest BCUT2D eigenvalue weighted by molar-refractivity contribution is 7.08. The lowest BCUT2D eigenvalue weighted by Gasteiger charge is -2.07. The third-order valence-corrected chi connectivity index (χ3v) is 3.40. The molecule has 0 aliphatic heterocycles. The van der Waals surface area contributed by atoms with E-state index in [-0.39, 0.29) is 11.4 Å². The Bertz CT molecular complexity index is 757. The summed E-state index contributed by atoms with van der Waals surface area (Å²) in [5.74, 6) is -1.18. The minimum absolute atomic E-state index is 0.0372. The molecule has 5 nitrogen and oxygen atoms in total. The van der Waals surface area contributed by atoms with Crippen molar-refractivity contribution in [1.82, 2.24) is 0 Å². The number of thiophene rings is 1. The molecule has 0 radical (unpaired) electrons. The van der Waals surface area contributed by atoms with Gasteiger partial charge in [0.15, 0.2) is 6.61 Å². The van der Waals surface area contributed by atoms with Crippen molar-refractivity contribution >= 4 is 29.2 Å². The highest BCUT2D eigenvalue weighted by Gasteiger charge is 2.13. The van der Waals surface area contributed by atoms with E-state index in [4.69, 9.17) is 9.84 Å². The van der Waals surface area contributed by atoms with Gasteiger partial charge in [0.1, 0.15) is 17.4 Å². The number of carbonyl (C=O) groups is 2. The molecule has 0 bridgehead atoms. The van der Waals surface area contributed by atoms with Gasteiger partial charge in [-0.05, 0) is 23.6 Å². The number of benzene rings is 1. The van der Waals surface area contributed by atoms with E-state index in [9.17, 15) is 14.9 Å². The Hall–Kier alpha value is -2.91. The van der Waals surface area contributed by atoms with Crippen molar-refractivity contribution in [2.24, 2.45) is 0 Å². The fourth-order valence-electron chi connectivity index (χ4n) is 1.72. The first-order valence-electron chi connectivity index (χ1n) is 6.24. The van der Waals surface area contributed by atoms with Crippen LogP contribution in [0.25, 0.3) is 6.08 Å². The molecule has 22 heavy (non-hydrogen) atoms. The maximum Gasteiger partial charge on any atom is 0.341 e. The summed E-state index contributed by atoms with van der Waals surface area (Å²) in [5.41, 5.74) is 0.885. The Morgan fingerprint density at radius 2 is 2.09 bits per heavy atom. The van der Waals surface area contributed by atoms with E-state index >= 15 is 0 Å². The maximum atomic E-state index is 12.2. The number of Topliss-reactive ketones (excluding diaryl/α,β-unsaturated/α-hetero) is 1. The van der Waals surface area contributed by atoms with Crippen molar-refractivity contribution in [2.45, 2.75) is 0 Å². The first-order chi connectivity index (χ1) is 10.6. The molecule has 0 aliphatic rings. The second-order valence-electron chi connectivity index (χ2n) is 4.23. The second kappa shape index (κ2) is 7.20. The highest BCUT2D eigenvalue weighted by Crippen LogP contribution is 2.22. The van der Waals surface area contributed by atoms with Gasteiger partial charge in [-0.15, -0.1) is 0 Å². The average Bonchev–Trinajstić information content (AvgIpc) is 3.05. The topological polar surface area (TPSA) is 87.4 Å². The van der Waals surface area contributed by atoms with Gasteiger partial charge in [0.05, 0.1) is 0 Å². The minimum atomic E-state index is -1.10. The Labute approximate surface area is 130 Å². The number of hydrogen-bond donors (Lipinski definition) is 1. The fourth-order valence-corrected chi connectivity index (χ4v) is 2.36. The number of nitrogens with zero attached hydrogens (tertiary/aromatic N) is 1. The van der Waals surface area contributed by atoms with Crippen LogP contribution < -0.4 is 4.74 Å². The Morgan fingerprint density at radius 3 is 2.73 bits per heavy atom. The van der Waals surface area contributed by atoms with Crippen LogP contribution >= 0.6 is 11.3 Å². The number of hydrogen-bond acceptors (Lipinski definition) is 5. The molecule has 1 heterocycles. The smallest absolute Gasteiger partial charge is 0.341 e. The van der Waals surface area contributed by atoms with E-state index in [0.29, 0.717) is 16.9 Å². The van der Waals surface area contributed by atoms with Crippen molar-refractivity contribution < 1.29 is 19.4 Å². The third kappa shape index (κ3) is 3.81. The van der Waals surface area contributed by atoms with Crippen LogP contribution in [0, 0.1) is 11.3 Å². The Kier molecular flexibility index (Phi) is 5.07. The maximum absolute atomic E-state index is 12.2. The number of carboxylic acid groups (broad SMARTS) is 1. The number of rotatable bonds is 6. The molecule has 0 atom stereocenters. The molecule has 0 saturated heterocycles. The average molecular weight is 313 g/mol. The van der Waals surface area contributed by atoms with E-state index in [1.807, 2.05) is 6.07 Å². The number of para-hydroxylation sites is 1. The lowest BCUT2D eigenvalue weighted by molar-refractivity contribution is -0.139. The molecule has 0 fully saturated rings. The quantitative estimate of drug-likeness (QED) is 0.503. The number of carboxylic acids is 1. The van der Waals surface area contributed by atoms with Crippen molar-refractivity contribution in [2.75, 3.05) is 6.61 Å². The molecule has 0 saturated carbocycles. The van der Waals surface area contributed by atoms with E-state index in [1.165, 1.54) is 17.4 Å². The van der Waals surface area contributed by atoms with E-state index < -0.39 is 12.6 Å². The molecular weight excluding hydrogens is 302 g/mol. The van der Waals surface area contributed by atoms with Gasteiger partial charge in [-0.2, -0.15) is 16.6 Å². The zero-order chi connectivity index (χ0) is 15.9. The number of ketones is 1. The molecule has 110 valence electrons. The Balaban J connectivity index is 2.32. The van der Waals surface area contributed by atoms with Crippen molar-refractivity contribution in [3.63, 3.8) is 0 Å². The summed E-state index contributed by atoms with van der Waals surface area (Å²) in [6, 6.07) is 10.1. The first kappa shape index (κ1) is 15.5. The van der Waals surface area contributed by atoms with Crippen LogP contribution in [-0.2, 0) is 4.79 Å². The molecule has 1 aromatic heterocycles. The second-order valence-corrected chi connectivity index (χ2v) is 5.01. The van der Waals surface area contributed by atoms with Gasteiger partial charge < -0.3 is 9.84 Å². The van der Waals surface area contributed by atoms with Gasteiger partial charge in [0.25, 0.3) is 0 Å². The lowest BCUT2D eigenvalue weighted by Crippen LogP contribution is -2.10. The zero-order valence-electron chi connectivity index (χ0n) is 11.4. The van der Waals surface area contributed by atoms with Crippen LogP contribution in [0.3, 0.4) is 0 Å². The van der Waals surface area contributed by atoms with E-state index in [2.05, 4.69) is 0 Å². The van der Waals surface area contributed by atoms with Gasteiger partial charge in [-0.1, -0.05) is 18.2 Å². The summed E-state index contributed by atoms with van der Waals surface area (Å²) >= 11 is 1.37. The SMILES string of the molecule is N#C/C(=C/c1ccccc1OCC(=O)O)C(=O)c1ccsc1. The summed E-state index contributed by atoms with van der Waals surface area (Å²) in [6.07, 6.45) is 1.40. The number of ether oxygens (including phenoxy) is 1. The number of aliphatic carboxylic acids is 1. The van der Waals surface area contributed by atoms with Gasteiger partial charge in [0.2, 0.25) is 5.78 Å².